The fraction of sp³-hybridized carbons (Fsp3) is 0. The summed E-state index contributed by atoms with van der Waals surface area (Å²) in [5, 5.41) is 3.32. The first-order valence-electron chi connectivity index (χ1n) is 6.59. The maximum atomic E-state index is 6.52. The fourth-order valence-electron chi connectivity index (χ4n) is 2.61. The van der Waals surface area contributed by atoms with Crippen LogP contribution in [0.15, 0.2) is 65.1 Å². The summed E-state index contributed by atoms with van der Waals surface area (Å²) in [6.07, 6.45) is 0. The van der Waals surface area contributed by atoms with E-state index in [1.807, 2.05) is 6.07 Å². The molecule has 0 saturated carbocycles. The monoisotopic (exact) mass is 372 g/mol. The first kappa shape index (κ1) is 13.3. The van der Waals surface area contributed by atoms with Gasteiger partial charge in [-0.05, 0) is 35.4 Å². The zero-order valence-corrected chi connectivity index (χ0v) is 14.1. The van der Waals surface area contributed by atoms with Gasteiger partial charge in [-0.2, -0.15) is 0 Å². The van der Waals surface area contributed by atoms with Crippen molar-refractivity contribution in [3.63, 3.8) is 0 Å². The van der Waals surface area contributed by atoms with E-state index < -0.39 is 0 Å². The number of hydrogen-bond donors (Lipinski definition) is 0. The van der Waals surface area contributed by atoms with E-state index in [-0.39, 0.29) is 0 Å². The van der Waals surface area contributed by atoms with Crippen LogP contribution in [0.2, 0.25) is 5.02 Å². The fourth-order valence-corrected chi connectivity index (χ4v) is 4.58. The lowest BCUT2D eigenvalue weighted by Crippen LogP contribution is -1.78. The summed E-state index contributed by atoms with van der Waals surface area (Å²) in [6, 6.07) is 21.0. The Balaban J connectivity index is 2.07. The molecule has 4 rings (SSSR count). The van der Waals surface area contributed by atoms with Crippen LogP contribution in [0.3, 0.4) is 0 Å². The molecule has 0 radical (unpaired) electrons. The standard InChI is InChI=1S/C18H10BrClS/c19-13-6-7-14-15-8-12(11-4-2-1-3-5-11)9-16(20)18(15)21-17(14)10-13/h1-10H. The number of hydrogen-bond acceptors (Lipinski definition) is 1. The van der Waals surface area contributed by atoms with Gasteiger partial charge in [0.2, 0.25) is 0 Å². The molecule has 4 aromatic rings. The number of halogens is 2. The molecule has 0 aliphatic rings. The summed E-state index contributed by atoms with van der Waals surface area (Å²) in [6.45, 7) is 0. The Kier molecular flexibility index (Phi) is 3.26. The predicted molar refractivity (Wildman–Crippen MR) is 97.5 cm³/mol. The summed E-state index contributed by atoms with van der Waals surface area (Å²) >= 11 is 11.8. The van der Waals surface area contributed by atoms with Gasteiger partial charge in [0.15, 0.2) is 0 Å². The molecule has 102 valence electrons. The summed E-state index contributed by atoms with van der Waals surface area (Å²) in [5.41, 5.74) is 2.36. The van der Waals surface area contributed by atoms with Gasteiger partial charge in [-0.25, -0.2) is 0 Å². The van der Waals surface area contributed by atoms with Crippen molar-refractivity contribution >= 4 is 59.0 Å². The van der Waals surface area contributed by atoms with Gasteiger partial charge in [0.25, 0.3) is 0 Å². The Labute approximate surface area is 140 Å². The lowest BCUT2D eigenvalue weighted by molar-refractivity contribution is 1.66. The van der Waals surface area contributed by atoms with E-state index in [4.69, 9.17) is 11.6 Å². The maximum Gasteiger partial charge on any atom is 0.0590 e. The molecule has 0 amide bonds. The normalized spacial score (nSPS) is 11.3. The second kappa shape index (κ2) is 5.13. The molecular weight excluding hydrogens is 364 g/mol. The molecule has 0 nitrogen and oxygen atoms in total. The third kappa shape index (κ3) is 2.28. The summed E-state index contributed by atoms with van der Waals surface area (Å²) in [7, 11) is 0. The van der Waals surface area contributed by atoms with Crippen LogP contribution in [0.5, 0.6) is 0 Å². The summed E-state index contributed by atoms with van der Waals surface area (Å²) < 4.78 is 3.51. The Morgan fingerprint density at radius 1 is 0.810 bits per heavy atom. The van der Waals surface area contributed by atoms with Gasteiger partial charge in [0.1, 0.15) is 0 Å². The first-order chi connectivity index (χ1) is 10.2. The maximum absolute atomic E-state index is 6.52. The van der Waals surface area contributed by atoms with Crippen LogP contribution in [0, 0.1) is 0 Å². The second-order valence-electron chi connectivity index (χ2n) is 4.94. The number of rotatable bonds is 1. The minimum Gasteiger partial charge on any atom is -0.134 e. The topological polar surface area (TPSA) is 0 Å². The van der Waals surface area contributed by atoms with Crippen molar-refractivity contribution in [2.45, 2.75) is 0 Å². The minimum atomic E-state index is 0.823. The molecule has 1 heterocycles. The van der Waals surface area contributed by atoms with E-state index in [1.165, 1.54) is 21.0 Å². The second-order valence-corrected chi connectivity index (χ2v) is 7.32. The molecule has 0 fully saturated rings. The average Bonchev–Trinajstić information content (AvgIpc) is 2.86. The molecule has 0 spiro atoms. The smallest absolute Gasteiger partial charge is 0.0590 e. The van der Waals surface area contributed by atoms with Gasteiger partial charge < -0.3 is 0 Å². The van der Waals surface area contributed by atoms with Crippen molar-refractivity contribution < 1.29 is 0 Å². The lowest BCUT2D eigenvalue weighted by Gasteiger charge is -2.04. The molecule has 0 aliphatic carbocycles. The van der Waals surface area contributed by atoms with E-state index in [2.05, 4.69) is 70.5 Å². The van der Waals surface area contributed by atoms with Gasteiger partial charge in [-0.1, -0.05) is 63.9 Å². The molecule has 0 unspecified atom stereocenters. The van der Waals surface area contributed by atoms with Crippen LogP contribution in [0.1, 0.15) is 0 Å². The van der Waals surface area contributed by atoms with Crippen molar-refractivity contribution in [2.24, 2.45) is 0 Å². The van der Waals surface area contributed by atoms with E-state index in [1.54, 1.807) is 11.3 Å². The third-order valence-corrected chi connectivity index (χ3v) is 5.70. The highest BCUT2D eigenvalue weighted by atomic mass is 79.9. The zero-order valence-electron chi connectivity index (χ0n) is 10.9. The number of fused-ring (bicyclic) bond motifs is 3. The Bertz CT molecular complexity index is 957. The van der Waals surface area contributed by atoms with Gasteiger partial charge in [0, 0.05) is 19.9 Å². The quantitative estimate of drug-likeness (QED) is 0.332. The predicted octanol–water partition coefficient (Wildman–Crippen LogP) is 7.14. The van der Waals surface area contributed by atoms with Crippen molar-refractivity contribution in [3.05, 3.63) is 70.2 Å². The van der Waals surface area contributed by atoms with E-state index >= 15 is 0 Å². The summed E-state index contributed by atoms with van der Waals surface area (Å²) in [4.78, 5) is 0. The van der Waals surface area contributed by atoms with Crippen LogP contribution in [0.4, 0.5) is 0 Å². The molecule has 1 aromatic heterocycles. The van der Waals surface area contributed by atoms with Gasteiger partial charge in [-0.15, -0.1) is 11.3 Å². The van der Waals surface area contributed by atoms with Crippen LogP contribution in [-0.2, 0) is 0 Å². The van der Waals surface area contributed by atoms with Gasteiger partial charge >= 0.3 is 0 Å². The van der Waals surface area contributed by atoms with Crippen LogP contribution in [-0.4, -0.2) is 0 Å². The van der Waals surface area contributed by atoms with E-state index in [0.717, 1.165) is 19.8 Å². The minimum absolute atomic E-state index is 0.823. The highest BCUT2D eigenvalue weighted by Crippen LogP contribution is 2.41. The van der Waals surface area contributed by atoms with Crippen LogP contribution < -0.4 is 0 Å². The Morgan fingerprint density at radius 3 is 2.43 bits per heavy atom. The SMILES string of the molecule is Clc1cc(-c2ccccc2)cc2c1sc1cc(Br)ccc12. The largest absolute Gasteiger partial charge is 0.134 e. The first-order valence-corrected chi connectivity index (χ1v) is 8.58. The van der Waals surface area contributed by atoms with E-state index in [9.17, 15) is 0 Å². The molecule has 0 atom stereocenters. The Morgan fingerprint density at radius 2 is 1.62 bits per heavy atom. The average molecular weight is 374 g/mol. The Hall–Kier alpha value is -1.35. The highest BCUT2D eigenvalue weighted by molar-refractivity contribution is 9.10. The molecule has 0 N–H and O–H groups in total. The van der Waals surface area contributed by atoms with Crippen molar-refractivity contribution in [1.29, 1.82) is 0 Å². The van der Waals surface area contributed by atoms with Crippen LogP contribution in [0.25, 0.3) is 31.3 Å². The van der Waals surface area contributed by atoms with Crippen LogP contribution >= 0.6 is 38.9 Å². The molecule has 21 heavy (non-hydrogen) atoms. The van der Waals surface area contributed by atoms with Gasteiger partial charge in [0.05, 0.1) is 9.72 Å². The number of thiophene rings is 1. The van der Waals surface area contributed by atoms with Gasteiger partial charge in [-0.3, -0.25) is 0 Å². The molecular formula is C18H10BrClS. The van der Waals surface area contributed by atoms with Crippen molar-refractivity contribution in [3.8, 4) is 11.1 Å². The van der Waals surface area contributed by atoms with Crippen molar-refractivity contribution in [2.75, 3.05) is 0 Å². The molecule has 0 aliphatic heterocycles. The molecule has 3 heteroatoms. The lowest BCUT2D eigenvalue weighted by atomic mass is 10.0. The third-order valence-electron chi connectivity index (χ3n) is 3.60. The van der Waals surface area contributed by atoms with E-state index in [0.29, 0.717) is 0 Å². The molecule has 3 aromatic carbocycles. The molecule has 0 saturated heterocycles. The number of benzene rings is 3. The highest BCUT2D eigenvalue weighted by Gasteiger charge is 2.11. The zero-order chi connectivity index (χ0) is 14.4. The van der Waals surface area contributed by atoms with Crippen molar-refractivity contribution in [1.82, 2.24) is 0 Å². The summed E-state index contributed by atoms with van der Waals surface area (Å²) in [5.74, 6) is 0. The molecule has 0 bridgehead atoms.